The lowest BCUT2D eigenvalue weighted by atomic mass is 10.3. The number of aryl methyl sites for hydroxylation is 1. The Morgan fingerprint density at radius 1 is 1.61 bits per heavy atom. The van der Waals surface area contributed by atoms with Crippen LogP contribution in [0.5, 0.6) is 0 Å². The van der Waals surface area contributed by atoms with Gasteiger partial charge in [0.1, 0.15) is 10.7 Å². The van der Waals surface area contributed by atoms with Gasteiger partial charge in [0.15, 0.2) is 5.84 Å². The number of nitrogens with two attached hydrogens (primary N) is 1. The Morgan fingerprint density at radius 3 is 3.00 bits per heavy atom. The maximum Gasteiger partial charge on any atom is 0.268 e. The molecular weight excluding hydrogens is 256 g/mol. The van der Waals surface area contributed by atoms with Crippen LogP contribution in [0.2, 0.25) is 0 Å². The van der Waals surface area contributed by atoms with Gasteiger partial charge in [-0.1, -0.05) is 5.16 Å². The SMILES string of the molecule is Cc1ncc(C(=O)Nc2[nH]ncc2/C(N)=N/O)s1. The topological polar surface area (TPSA) is 129 Å². The van der Waals surface area contributed by atoms with Crippen molar-refractivity contribution in [2.24, 2.45) is 10.9 Å². The van der Waals surface area contributed by atoms with E-state index in [0.29, 0.717) is 10.4 Å². The number of carbonyl (C=O) groups excluding carboxylic acids is 1. The first kappa shape index (κ1) is 12.0. The van der Waals surface area contributed by atoms with Gasteiger partial charge in [-0.25, -0.2) is 4.98 Å². The van der Waals surface area contributed by atoms with E-state index in [4.69, 9.17) is 10.9 Å². The van der Waals surface area contributed by atoms with Crippen molar-refractivity contribution < 1.29 is 10.0 Å². The maximum atomic E-state index is 11.9. The van der Waals surface area contributed by atoms with Gasteiger partial charge in [0, 0.05) is 0 Å². The van der Waals surface area contributed by atoms with Crippen LogP contribution in [0.15, 0.2) is 17.5 Å². The van der Waals surface area contributed by atoms with Gasteiger partial charge >= 0.3 is 0 Å². The number of thiazole rings is 1. The first-order valence-corrected chi connectivity index (χ1v) is 5.68. The predicted molar refractivity (Wildman–Crippen MR) is 65.9 cm³/mol. The summed E-state index contributed by atoms with van der Waals surface area (Å²) in [7, 11) is 0. The molecule has 5 N–H and O–H groups in total. The fourth-order valence-corrected chi connectivity index (χ4v) is 1.94. The molecule has 0 aliphatic carbocycles. The Kier molecular flexibility index (Phi) is 3.24. The number of aromatic nitrogens is 3. The van der Waals surface area contributed by atoms with E-state index < -0.39 is 0 Å². The minimum absolute atomic E-state index is 0.139. The molecule has 0 aliphatic rings. The van der Waals surface area contributed by atoms with Crippen LogP contribution >= 0.6 is 11.3 Å². The minimum Gasteiger partial charge on any atom is -0.409 e. The molecule has 0 saturated carbocycles. The van der Waals surface area contributed by atoms with Gasteiger partial charge in [-0.05, 0) is 6.92 Å². The van der Waals surface area contributed by atoms with Gasteiger partial charge in [-0.15, -0.1) is 11.3 Å². The van der Waals surface area contributed by atoms with Crippen LogP contribution in [-0.2, 0) is 0 Å². The third-order valence-electron chi connectivity index (χ3n) is 2.11. The average molecular weight is 266 g/mol. The zero-order chi connectivity index (χ0) is 13.1. The van der Waals surface area contributed by atoms with E-state index in [0.717, 1.165) is 5.01 Å². The quantitative estimate of drug-likeness (QED) is 0.278. The number of nitrogens with one attached hydrogen (secondary N) is 2. The summed E-state index contributed by atoms with van der Waals surface area (Å²) in [6.45, 7) is 1.81. The monoisotopic (exact) mass is 266 g/mol. The third-order valence-corrected chi connectivity index (χ3v) is 3.02. The Morgan fingerprint density at radius 2 is 2.39 bits per heavy atom. The number of anilines is 1. The van der Waals surface area contributed by atoms with Gasteiger partial charge in [0.25, 0.3) is 5.91 Å². The third kappa shape index (κ3) is 2.30. The summed E-state index contributed by atoms with van der Waals surface area (Å²) in [5, 5.41) is 21.1. The molecule has 18 heavy (non-hydrogen) atoms. The molecular formula is C9H10N6O2S. The van der Waals surface area contributed by atoms with Gasteiger partial charge in [0.2, 0.25) is 0 Å². The molecule has 0 spiro atoms. The van der Waals surface area contributed by atoms with E-state index in [-0.39, 0.29) is 17.6 Å². The highest BCUT2D eigenvalue weighted by Gasteiger charge is 2.15. The zero-order valence-electron chi connectivity index (χ0n) is 9.34. The highest BCUT2D eigenvalue weighted by Crippen LogP contribution is 2.16. The Labute approximate surface area is 106 Å². The van der Waals surface area contributed by atoms with Gasteiger partial charge in [-0.2, -0.15) is 5.10 Å². The molecule has 2 aromatic rings. The number of amidine groups is 1. The second-order valence-electron chi connectivity index (χ2n) is 3.34. The van der Waals surface area contributed by atoms with Crippen LogP contribution in [0.4, 0.5) is 5.82 Å². The summed E-state index contributed by atoms with van der Waals surface area (Å²) in [6.07, 6.45) is 2.83. The number of carbonyl (C=O) groups is 1. The van der Waals surface area contributed by atoms with E-state index >= 15 is 0 Å². The minimum atomic E-state index is -0.336. The van der Waals surface area contributed by atoms with E-state index in [2.05, 4.69) is 25.7 Å². The van der Waals surface area contributed by atoms with Crippen molar-refractivity contribution in [3.05, 3.63) is 27.8 Å². The summed E-state index contributed by atoms with van der Waals surface area (Å²) >= 11 is 1.27. The normalized spacial score (nSPS) is 11.5. The number of oxime groups is 1. The molecule has 0 bridgehead atoms. The molecule has 8 nitrogen and oxygen atoms in total. The summed E-state index contributed by atoms with van der Waals surface area (Å²) in [4.78, 5) is 16.3. The van der Waals surface area contributed by atoms with Gasteiger partial charge in [0.05, 0.1) is 23.0 Å². The van der Waals surface area contributed by atoms with Crippen LogP contribution in [0.25, 0.3) is 0 Å². The molecule has 0 radical (unpaired) electrons. The van der Waals surface area contributed by atoms with Crippen molar-refractivity contribution in [3.63, 3.8) is 0 Å². The summed E-state index contributed by atoms with van der Waals surface area (Å²) in [6, 6.07) is 0. The highest BCUT2D eigenvalue weighted by atomic mass is 32.1. The Balaban J connectivity index is 2.20. The molecule has 0 fully saturated rings. The summed E-state index contributed by atoms with van der Waals surface area (Å²) in [5.74, 6) is -0.210. The van der Waals surface area contributed by atoms with Gasteiger partial charge < -0.3 is 16.3 Å². The first-order valence-electron chi connectivity index (χ1n) is 4.87. The molecule has 0 atom stereocenters. The molecule has 0 aliphatic heterocycles. The number of rotatable bonds is 3. The van der Waals surface area contributed by atoms with Crippen LogP contribution in [-0.4, -0.2) is 32.1 Å². The fraction of sp³-hybridized carbons (Fsp3) is 0.111. The molecule has 2 rings (SSSR count). The van der Waals surface area contributed by atoms with Crippen molar-refractivity contribution >= 4 is 28.9 Å². The molecule has 2 heterocycles. The van der Waals surface area contributed by atoms with Crippen LogP contribution < -0.4 is 11.1 Å². The Hall–Kier alpha value is -2.42. The molecule has 2 aromatic heterocycles. The maximum absolute atomic E-state index is 11.9. The lowest BCUT2D eigenvalue weighted by Crippen LogP contribution is -2.17. The number of aromatic amines is 1. The number of amides is 1. The second-order valence-corrected chi connectivity index (χ2v) is 4.58. The molecule has 9 heteroatoms. The molecule has 94 valence electrons. The predicted octanol–water partition coefficient (Wildman–Crippen LogP) is 0.521. The number of nitrogens with zero attached hydrogens (tertiary/aromatic N) is 3. The number of hydrogen-bond acceptors (Lipinski definition) is 6. The fourth-order valence-electron chi connectivity index (χ4n) is 1.27. The van der Waals surface area contributed by atoms with Crippen molar-refractivity contribution in [2.75, 3.05) is 5.32 Å². The second kappa shape index (κ2) is 4.84. The highest BCUT2D eigenvalue weighted by molar-refractivity contribution is 7.13. The molecule has 0 aromatic carbocycles. The standard InChI is InChI=1S/C9H10N6O2S/c1-4-11-3-6(18-4)9(16)13-8-5(2-12-14-8)7(10)15-17/h2-3,17H,1H3,(H2,10,15)(H2,12,13,14,16). The molecule has 0 saturated heterocycles. The van der Waals surface area contributed by atoms with Gasteiger partial charge in [-0.3, -0.25) is 9.89 Å². The Bertz CT molecular complexity index is 602. The lowest BCUT2D eigenvalue weighted by molar-refractivity contribution is 0.103. The largest absolute Gasteiger partial charge is 0.409 e. The van der Waals surface area contributed by atoms with Crippen LogP contribution in [0, 0.1) is 6.92 Å². The zero-order valence-corrected chi connectivity index (χ0v) is 10.2. The lowest BCUT2D eigenvalue weighted by Gasteiger charge is -2.02. The van der Waals surface area contributed by atoms with E-state index in [1.807, 2.05) is 0 Å². The number of H-pyrrole nitrogens is 1. The summed E-state index contributed by atoms with van der Waals surface area (Å²) in [5.41, 5.74) is 5.75. The van der Waals surface area contributed by atoms with Crippen molar-refractivity contribution in [1.82, 2.24) is 15.2 Å². The van der Waals surface area contributed by atoms with Crippen LogP contribution in [0.3, 0.4) is 0 Å². The smallest absolute Gasteiger partial charge is 0.268 e. The van der Waals surface area contributed by atoms with Crippen molar-refractivity contribution in [3.8, 4) is 0 Å². The number of hydrogen-bond donors (Lipinski definition) is 4. The van der Waals surface area contributed by atoms with Crippen molar-refractivity contribution in [2.45, 2.75) is 6.92 Å². The van der Waals surface area contributed by atoms with E-state index in [1.54, 1.807) is 6.92 Å². The average Bonchev–Trinajstić information content (AvgIpc) is 2.97. The summed E-state index contributed by atoms with van der Waals surface area (Å²) < 4.78 is 0. The van der Waals surface area contributed by atoms with E-state index in [1.165, 1.54) is 23.7 Å². The first-order chi connectivity index (χ1) is 8.61. The van der Waals surface area contributed by atoms with E-state index in [9.17, 15) is 4.79 Å². The molecule has 0 unspecified atom stereocenters. The van der Waals surface area contributed by atoms with Crippen LogP contribution in [0.1, 0.15) is 20.2 Å². The van der Waals surface area contributed by atoms with Crippen molar-refractivity contribution in [1.29, 1.82) is 0 Å². The molecule has 1 amide bonds.